The summed E-state index contributed by atoms with van der Waals surface area (Å²) in [5.41, 5.74) is -0.510. The van der Waals surface area contributed by atoms with Gasteiger partial charge < -0.3 is 5.11 Å². The number of aliphatic carboxylic acids is 1. The largest absolute Gasteiger partial charge is 0.479 e. The molecule has 82 valence electrons. The molecule has 15 heavy (non-hydrogen) atoms. The Morgan fingerprint density at radius 2 is 1.73 bits per heavy atom. The minimum absolute atomic E-state index is 0.249. The van der Waals surface area contributed by atoms with Gasteiger partial charge in [-0.3, -0.25) is 0 Å². The maximum Gasteiger partial charge on any atom is 0.338 e. The quantitative estimate of drug-likeness (QED) is 0.627. The first kappa shape index (κ1) is 11.5. The van der Waals surface area contributed by atoms with Crippen molar-refractivity contribution in [3.05, 3.63) is 35.1 Å². The molecule has 0 aliphatic heterocycles. The van der Waals surface area contributed by atoms with Gasteiger partial charge in [0.1, 0.15) is 5.82 Å². The molecule has 0 heterocycles. The van der Waals surface area contributed by atoms with Crippen molar-refractivity contribution in [2.75, 3.05) is 0 Å². The van der Waals surface area contributed by atoms with Crippen molar-refractivity contribution in [1.82, 2.24) is 0 Å². The Morgan fingerprint density at radius 3 is 2.27 bits per heavy atom. The molecule has 1 atom stereocenters. The lowest BCUT2D eigenvalue weighted by Crippen LogP contribution is -2.18. The Balaban J connectivity index is 2.95. The highest BCUT2D eigenvalue weighted by molar-refractivity contribution is 5.72. The van der Waals surface area contributed by atoms with Crippen LogP contribution in [0.1, 0.15) is 5.56 Å². The van der Waals surface area contributed by atoms with Crippen LogP contribution in [-0.4, -0.2) is 17.2 Å². The van der Waals surface area contributed by atoms with Crippen molar-refractivity contribution in [1.29, 1.82) is 0 Å². The summed E-state index contributed by atoms with van der Waals surface area (Å²) in [5.74, 6) is -5.69. The van der Waals surface area contributed by atoms with E-state index in [0.29, 0.717) is 6.07 Å². The molecule has 0 saturated carbocycles. The van der Waals surface area contributed by atoms with E-state index in [9.17, 15) is 22.4 Å². The molecule has 1 unspecified atom stereocenters. The van der Waals surface area contributed by atoms with Gasteiger partial charge in [0, 0.05) is 12.5 Å². The summed E-state index contributed by atoms with van der Waals surface area (Å²) in [6, 6.07) is 0.694. The lowest BCUT2D eigenvalue weighted by atomic mass is 10.1. The monoisotopic (exact) mass is 222 g/mol. The van der Waals surface area contributed by atoms with E-state index in [2.05, 4.69) is 0 Å². The summed E-state index contributed by atoms with van der Waals surface area (Å²) >= 11 is 0. The first-order chi connectivity index (χ1) is 6.91. The molecule has 0 aliphatic rings. The number of rotatable bonds is 3. The molecule has 0 saturated heterocycles. The van der Waals surface area contributed by atoms with Crippen LogP contribution in [0.4, 0.5) is 17.6 Å². The molecule has 2 nitrogen and oxygen atoms in total. The van der Waals surface area contributed by atoms with Crippen LogP contribution in [0.15, 0.2) is 12.1 Å². The predicted molar refractivity (Wildman–Crippen MR) is 42.6 cm³/mol. The molecule has 0 aliphatic carbocycles. The first-order valence-corrected chi connectivity index (χ1v) is 3.92. The van der Waals surface area contributed by atoms with Crippen LogP contribution in [0.3, 0.4) is 0 Å². The van der Waals surface area contributed by atoms with Crippen LogP contribution in [0.5, 0.6) is 0 Å². The molecule has 1 aromatic carbocycles. The van der Waals surface area contributed by atoms with Crippen molar-refractivity contribution in [2.24, 2.45) is 0 Å². The summed E-state index contributed by atoms with van der Waals surface area (Å²) in [6.45, 7) is 0. The van der Waals surface area contributed by atoms with Gasteiger partial charge in [-0.05, 0) is 11.6 Å². The Kier molecular flexibility index (Phi) is 3.28. The van der Waals surface area contributed by atoms with E-state index < -0.39 is 41.6 Å². The van der Waals surface area contributed by atoms with Crippen molar-refractivity contribution < 1.29 is 27.5 Å². The van der Waals surface area contributed by atoms with Gasteiger partial charge in [-0.25, -0.2) is 22.4 Å². The highest BCUT2D eigenvalue weighted by atomic mass is 19.2. The molecule has 0 aromatic heterocycles. The van der Waals surface area contributed by atoms with E-state index >= 15 is 0 Å². The lowest BCUT2D eigenvalue weighted by Gasteiger charge is -2.05. The molecule has 0 spiro atoms. The van der Waals surface area contributed by atoms with Crippen LogP contribution in [-0.2, 0) is 11.2 Å². The molecule has 1 rings (SSSR count). The molecule has 6 heteroatoms. The topological polar surface area (TPSA) is 37.3 Å². The normalized spacial score (nSPS) is 12.5. The lowest BCUT2D eigenvalue weighted by molar-refractivity contribution is -0.142. The van der Waals surface area contributed by atoms with Crippen LogP contribution in [0.25, 0.3) is 0 Å². The van der Waals surface area contributed by atoms with Gasteiger partial charge in [0.2, 0.25) is 6.17 Å². The Labute approximate surface area is 82.1 Å². The number of alkyl halides is 1. The Bertz CT molecular complexity index is 392. The number of carboxylic acid groups (broad SMARTS) is 1. The SMILES string of the molecule is O=C(O)C(F)Cc1cc(F)c(F)cc1F. The zero-order valence-electron chi connectivity index (χ0n) is 7.31. The number of hydrogen-bond acceptors (Lipinski definition) is 1. The highest BCUT2D eigenvalue weighted by Gasteiger charge is 2.19. The summed E-state index contributed by atoms with van der Waals surface area (Å²) in [5, 5.41) is 8.19. The van der Waals surface area contributed by atoms with Crippen LogP contribution in [0.2, 0.25) is 0 Å². The highest BCUT2D eigenvalue weighted by Crippen LogP contribution is 2.16. The molecule has 0 amide bonds. The first-order valence-electron chi connectivity index (χ1n) is 3.92. The van der Waals surface area contributed by atoms with E-state index in [1.165, 1.54) is 0 Å². The van der Waals surface area contributed by atoms with E-state index in [0.717, 1.165) is 0 Å². The molecular formula is C9H6F4O2. The van der Waals surface area contributed by atoms with E-state index in [1.807, 2.05) is 0 Å². The summed E-state index contributed by atoms with van der Waals surface area (Å²) < 4.78 is 50.6. The third kappa shape index (κ3) is 2.68. The zero-order valence-corrected chi connectivity index (χ0v) is 7.31. The van der Waals surface area contributed by atoms with Gasteiger partial charge in [-0.2, -0.15) is 0 Å². The third-order valence-corrected chi connectivity index (χ3v) is 1.76. The van der Waals surface area contributed by atoms with Gasteiger partial charge in [-0.1, -0.05) is 0 Å². The van der Waals surface area contributed by atoms with Gasteiger partial charge in [-0.15, -0.1) is 0 Å². The number of benzene rings is 1. The molecule has 1 N–H and O–H groups in total. The van der Waals surface area contributed by atoms with E-state index in [4.69, 9.17) is 5.11 Å². The van der Waals surface area contributed by atoms with Crippen molar-refractivity contribution in [3.63, 3.8) is 0 Å². The van der Waals surface area contributed by atoms with E-state index in [1.54, 1.807) is 0 Å². The minimum atomic E-state index is -2.34. The summed E-state index contributed by atoms with van der Waals surface area (Å²) in [6.07, 6.45) is -3.18. The fourth-order valence-corrected chi connectivity index (χ4v) is 1.00. The smallest absolute Gasteiger partial charge is 0.338 e. The second kappa shape index (κ2) is 4.29. The number of hydrogen-bond donors (Lipinski definition) is 1. The Hall–Kier alpha value is -1.59. The summed E-state index contributed by atoms with van der Waals surface area (Å²) in [7, 11) is 0. The van der Waals surface area contributed by atoms with Gasteiger partial charge in [0.05, 0.1) is 0 Å². The van der Waals surface area contributed by atoms with Gasteiger partial charge >= 0.3 is 5.97 Å². The number of carboxylic acids is 1. The van der Waals surface area contributed by atoms with Crippen LogP contribution < -0.4 is 0 Å². The predicted octanol–water partition coefficient (Wildman–Crippen LogP) is 2.07. The maximum absolute atomic E-state index is 12.9. The minimum Gasteiger partial charge on any atom is -0.479 e. The fourth-order valence-electron chi connectivity index (χ4n) is 1.00. The standard InChI is InChI=1S/C9H6F4O2/c10-5-3-7(12)6(11)1-4(5)2-8(13)9(14)15/h1,3,8H,2H2,(H,14,15). The second-order valence-electron chi connectivity index (χ2n) is 2.87. The van der Waals surface area contributed by atoms with Crippen molar-refractivity contribution in [2.45, 2.75) is 12.6 Å². The number of carbonyl (C=O) groups is 1. The average Bonchev–Trinajstić information content (AvgIpc) is 2.13. The summed E-state index contributed by atoms with van der Waals surface area (Å²) in [4.78, 5) is 10.1. The van der Waals surface area contributed by atoms with Crippen LogP contribution >= 0.6 is 0 Å². The Morgan fingerprint density at radius 1 is 1.20 bits per heavy atom. The molecule has 0 bridgehead atoms. The van der Waals surface area contributed by atoms with Crippen molar-refractivity contribution >= 4 is 5.97 Å². The van der Waals surface area contributed by atoms with Crippen LogP contribution in [0, 0.1) is 17.5 Å². The second-order valence-corrected chi connectivity index (χ2v) is 2.87. The van der Waals surface area contributed by atoms with Gasteiger partial charge in [0.15, 0.2) is 11.6 Å². The van der Waals surface area contributed by atoms with Crippen molar-refractivity contribution in [3.8, 4) is 0 Å². The third-order valence-electron chi connectivity index (χ3n) is 1.76. The number of halogens is 4. The van der Waals surface area contributed by atoms with Gasteiger partial charge in [0.25, 0.3) is 0 Å². The fraction of sp³-hybridized carbons (Fsp3) is 0.222. The van der Waals surface area contributed by atoms with E-state index in [-0.39, 0.29) is 6.07 Å². The molecule has 0 radical (unpaired) electrons. The molecule has 1 aromatic rings. The maximum atomic E-state index is 12.9. The molecular weight excluding hydrogens is 216 g/mol. The molecule has 0 fully saturated rings. The zero-order chi connectivity index (χ0) is 11.6. The average molecular weight is 222 g/mol.